The predicted molar refractivity (Wildman–Crippen MR) is 67.4 cm³/mol. The molecular formula is C12H13N3OS. The molecule has 1 N–H and O–H groups in total. The first-order valence-corrected chi connectivity index (χ1v) is 6.41. The van der Waals surface area contributed by atoms with E-state index in [0.29, 0.717) is 6.42 Å². The highest BCUT2D eigenvalue weighted by Gasteiger charge is 2.31. The molecule has 17 heavy (non-hydrogen) atoms. The number of fused-ring (bicyclic) bond motifs is 1. The SMILES string of the molecule is Cc1nn(C)c2c1C(c1cccs1)CC(=O)N2. The lowest BCUT2D eigenvalue weighted by Crippen LogP contribution is -2.24. The molecule has 0 fully saturated rings. The number of carbonyl (C=O) groups excluding carboxylic acids is 1. The zero-order chi connectivity index (χ0) is 12.0. The van der Waals surface area contributed by atoms with Gasteiger partial charge in [0.2, 0.25) is 5.91 Å². The Kier molecular flexibility index (Phi) is 2.29. The molecule has 1 atom stereocenters. The Balaban J connectivity index is 2.17. The van der Waals surface area contributed by atoms with Crippen LogP contribution in [0.5, 0.6) is 0 Å². The lowest BCUT2D eigenvalue weighted by molar-refractivity contribution is -0.116. The lowest BCUT2D eigenvalue weighted by atomic mass is 9.91. The van der Waals surface area contributed by atoms with Gasteiger partial charge in [-0.15, -0.1) is 11.3 Å². The normalized spacial score (nSPS) is 18.9. The number of carbonyl (C=O) groups is 1. The fraction of sp³-hybridized carbons (Fsp3) is 0.333. The molecule has 1 aliphatic heterocycles. The predicted octanol–water partition coefficient (Wildman–Crippen LogP) is 2.26. The third-order valence-electron chi connectivity index (χ3n) is 3.15. The molecule has 1 unspecified atom stereocenters. The van der Waals surface area contributed by atoms with Gasteiger partial charge < -0.3 is 5.32 Å². The van der Waals surface area contributed by atoms with Gasteiger partial charge in [-0.1, -0.05) is 6.07 Å². The average Bonchev–Trinajstić information content (AvgIpc) is 2.88. The van der Waals surface area contributed by atoms with Crippen molar-refractivity contribution in [1.82, 2.24) is 9.78 Å². The van der Waals surface area contributed by atoms with Gasteiger partial charge in [0.05, 0.1) is 5.69 Å². The Labute approximate surface area is 103 Å². The molecular weight excluding hydrogens is 234 g/mol. The van der Waals surface area contributed by atoms with Crippen molar-refractivity contribution in [2.75, 3.05) is 5.32 Å². The van der Waals surface area contributed by atoms with Gasteiger partial charge in [-0.25, -0.2) is 0 Å². The molecule has 2 aromatic rings. The summed E-state index contributed by atoms with van der Waals surface area (Å²) in [6.07, 6.45) is 0.514. The first-order valence-electron chi connectivity index (χ1n) is 5.53. The summed E-state index contributed by atoms with van der Waals surface area (Å²) < 4.78 is 1.75. The van der Waals surface area contributed by atoms with Crippen LogP contribution in [0.1, 0.15) is 28.5 Å². The maximum absolute atomic E-state index is 11.7. The first-order chi connectivity index (χ1) is 8.16. The van der Waals surface area contributed by atoms with E-state index in [2.05, 4.69) is 16.5 Å². The Morgan fingerprint density at radius 1 is 1.59 bits per heavy atom. The highest BCUT2D eigenvalue weighted by atomic mass is 32.1. The van der Waals surface area contributed by atoms with Crippen LogP contribution >= 0.6 is 11.3 Å². The van der Waals surface area contributed by atoms with E-state index in [9.17, 15) is 4.79 Å². The third kappa shape index (κ3) is 1.58. The molecule has 4 nitrogen and oxygen atoms in total. The molecule has 0 radical (unpaired) electrons. The number of thiophene rings is 1. The fourth-order valence-electron chi connectivity index (χ4n) is 2.44. The molecule has 2 aromatic heterocycles. The van der Waals surface area contributed by atoms with Crippen LogP contribution in [0.2, 0.25) is 0 Å². The number of aromatic nitrogens is 2. The largest absolute Gasteiger partial charge is 0.311 e. The Bertz CT molecular complexity index is 571. The van der Waals surface area contributed by atoms with E-state index in [1.54, 1.807) is 16.0 Å². The van der Waals surface area contributed by atoms with Gasteiger partial charge in [-0.3, -0.25) is 9.48 Å². The van der Waals surface area contributed by atoms with Crippen molar-refractivity contribution in [1.29, 1.82) is 0 Å². The third-order valence-corrected chi connectivity index (χ3v) is 4.14. The van der Waals surface area contributed by atoms with Crippen LogP contribution in [-0.2, 0) is 11.8 Å². The highest BCUT2D eigenvalue weighted by molar-refractivity contribution is 7.10. The Morgan fingerprint density at radius 3 is 3.12 bits per heavy atom. The lowest BCUT2D eigenvalue weighted by Gasteiger charge is -2.22. The van der Waals surface area contributed by atoms with Crippen molar-refractivity contribution in [2.24, 2.45) is 7.05 Å². The number of aryl methyl sites for hydroxylation is 2. The molecule has 5 heteroatoms. The Hall–Kier alpha value is -1.62. The molecule has 0 aliphatic carbocycles. The summed E-state index contributed by atoms with van der Waals surface area (Å²) in [6, 6.07) is 4.11. The van der Waals surface area contributed by atoms with E-state index >= 15 is 0 Å². The summed E-state index contributed by atoms with van der Waals surface area (Å²) in [5, 5.41) is 9.35. The molecule has 3 rings (SSSR count). The second kappa shape index (κ2) is 3.70. The van der Waals surface area contributed by atoms with E-state index < -0.39 is 0 Å². The summed E-state index contributed by atoms with van der Waals surface area (Å²) in [4.78, 5) is 13.0. The standard InChI is InChI=1S/C12H13N3OS/c1-7-11-8(9-4-3-5-17-9)6-10(16)13-12(11)15(2)14-7/h3-5,8H,6H2,1-2H3,(H,13,16). The van der Waals surface area contributed by atoms with Crippen LogP contribution in [-0.4, -0.2) is 15.7 Å². The number of nitrogens with one attached hydrogen (secondary N) is 1. The maximum Gasteiger partial charge on any atom is 0.226 e. The van der Waals surface area contributed by atoms with E-state index in [0.717, 1.165) is 17.1 Å². The first kappa shape index (κ1) is 10.5. The van der Waals surface area contributed by atoms with Crippen molar-refractivity contribution in [2.45, 2.75) is 19.3 Å². The van der Waals surface area contributed by atoms with Crippen molar-refractivity contribution < 1.29 is 4.79 Å². The van der Waals surface area contributed by atoms with Crippen LogP contribution in [0.4, 0.5) is 5.82 Å². The molecule has 3 heterocycles. The number of hydrogen-bond donors (Lipinski definition) is 1. The van der Waals surface area contributed by atoms with Gasteiger partial charge in [0.25, 0.3) is 0 Å². The minimum Gasteiger partial charge on any atom is -0.311 e. The quantitative estimate of drug-likeness (QED) is 0.840. The van der Waals surface area contributed by atoms with Crippen LogP contribution in [0.3, 0.4) is 0 Å². The van der Waals surface area contributed by atoms with Gasteiger partial charge >= 0.3 is 0 Å². The molecule has 0 spiro atoms. The van der Waals surface area contributed by atoms with Gasteiger partial charge in [0.1, 0.15) is 5.82 Å². The molecule has 1 amide bonds. The van der Waals surface area contributed by atoms with E-state index in [1.807, 2.05) is 25.4 Å². The zero-order valence-corrected chi connectivity index (χ0v) is 10.5. The van der Waals surface area contributed by atoms with Crippen molar-refractivity contribution >= 4 is 23.1 Å². The van der Waals surface area contributed by atoms with E-state index in [4.69, 9.17) is 0 Å². The Morgan fingerprint density at radius 2 is 2.41 bits per heavy atom. The number of rotatable bonds is 1. The topological polar surface area (TPSA) is 46.9 Å². The van der Waals surface area contributed by atoms with Gasteiger partial charge in [-0.05, 0) is 18.4 Å². The molecule has 1 aliphatic rings. The average molecular weight is 247 g/mol. The fourth-order valence-corrected chi connectivity index (χ4v) is 3.28. The minimum absolute atomic E-state index is 0.0684. The summed E-state index contributed by atoms with van der Waals surface area (Å²) >= 11 is 1.70. The van der Waals surface area contributed by atoms with Gasteiger partial charge in [0.15, 0.2) is 0 Å². The summed E-state index contributed by atoms with van der Waals surface area (Å²) in [5.41, 5.74) is 2.16. The second-order valence-corrected chi connectivity index (χ2v) is 5.27. The number of nitrogens with zero attached hydrogens (tertiary/aromatic N) is 2. The molecule has 0 bridgehead atoms. The summed E-state index contributed by atoms with van der Waals surface area (Å²) in [5.74, 6) is 1.07. The summed E-state index contributed by atoms with van der Waals surface area (Å²) in [6.45, 7) is 2.00. The highest BCUT2D eigenvalue weighted by Crippen LogP contribution is 2.40. The minimum atomic E-state index is 0.0684. The maximum atomic E-state index is 11.7. The number of hydrogen-bond acceptors (Lipinski definition) is 3. The zero-order valence-electron chi connectivity index (χ0n) is 9.73. The van der Waals surface area contributed by atoms with Crippen LogP contribution in [0, 0.1) is 6.92 Å². The number of anilines is 1. The van der Waals surface area contributed by atoms with E-state index in [-0.39, 0.29) is 11.8 Å². The number of amides is 1. The summed E-state index contributed by atoms with van der Waals surface area (Å²) in [7, 11) is 1.86. The van der Waals surface area contributed by atoms with Crippen molar-refractivity contribution in [3.8, 4) is 0 Å². The van der Waals surface area contributed by atoms with Crippen LogP contribution < -0.4 is 5.32 Å². The molecule has 0 saturated heterocycles. The molecule has 88 valence electrons. The van der Waals surface area contributed by atoms with Gasteiger partial charge in [0, 0.05) is 29.8 Å². The smallest absolute Gasteiger partial charge is 0.226 e. The van der Waals surface area contributed by atoms with Crippen molar-refractivity contribution in [3.63, 3.8) is 0 Å². The van der Waals surface area contributed by atoms with E-state index in [1.165, 1.54) is 4.88 Å². The molecule has 0 aromatic carbocycles. The van der Waals surface area contributed by atoms with Crippen LogP contribution in [0.25, 0.3) is 0 Å². The molecule has 0 saturated carbocycles. The second-order valence-electron chi connectivity index (χ2n) is 4.29. The van der Waals surface area contributed by atoms with Crippen molar-refractivity contribution in [3.05, 3.63) is 33.6 Å². The monoisotopic (exact) mass is 247 g/mol. The van der Waals surface area contributed by atoms with Gasteiger partial charge in [-0.2, -0.15) is 5.10 Å². The van der Waals surface area contributed by atoms with Crippen LogP contribution in [0.15, 0.2) is 17.5 Å².